The number of benzene rings is 2. The number of rotatable bonds is 7. The van der Waals surface area contributed by atoms with Gasteiger partial charge in [-0.15, -0.1) is 0 Å². The van der Waals surface area contributed by atoms with Gasteiger partial charge in [0.05, 0.1) is 11.8 Å². The van der Waals surface area contributed by atoms with Crippen molar-refractivity contribution in [3.05, 3.63) is 81.5 Å². The number of para-hydroxylation sites is 1. The molecule has 36 heavy (non-hydrogen) atoms. The molecule has 1 amide bonds. The molecule has 184 valence electrons. The van der Waals surface area contributed by atoms with Crippen molar-refractivity contribution in [2.75, 3.05) is 5.32 Å². The van der Waals surface area contributed by atoms with Gasteiger partial charge in [-0.3, -0.25) is 14.2 Å². The van der Waals surface area contributed by atoms with Gasteiger partial charge in [0.15, 0.2) is 5.82 Å². The first kappa shape index (κ1) is 23.5. The van der Waals surface area contributed by atoms with Gasteiger partial charge in [0, 0.05) is 17.5 Å². The van der Waals surface area contributed by atoms with Crippen LogP contribution < -0.4 is 10.9 Å². The molecule has 3 aromatic heterocycles. The lowest BCUT2D eigenvalue weighted by Gasteiger charge is -2.14. The Balaban J connectivity index is 1.54. The van der Waals surface area contributed by atoms with Gasteiger partial charge in [0.25, 0.3) is 5.56 Å². The molecule has 0 saturated heterocycles. The van der Waals surface area contributed by atoms with Crippen molar-refractivity contribution < 1.29 is 9.32 Å². The second kappa shape index (κ2) is 9.41. The maximum Gasteiger partial charge on any atom is 0.278 e. The Bertz CT molecular complexity index is 1640. The molecule has 0 spiro atoms. The second-order valence-electron chi connectivity index (χ2n) is 9.15. The summed E-state index contributed by atoms with van der Waals surface area (Å²) in [4.78, 5) is 35.8. The largest absolute Gasteiger partial charge is 0.337 e. The zero-order chi connectivity index (χ0) is 25.4. The van der Waals surface area contributed by atoms with Crippen LogP contribution in [-0.2, 0) is 24.3 Å². The van der Waals surface area contributed by atoms with E-state index < -0.39 is 0 Å². The van der Waals surface area contributed by atoms with E-state index in [-0.39, 0.29) is 24.6 Å². The van der Waals surface area contributed by atoms with E-state index in [0.29, 0.717) is 29.2 Å². The van der Waals surface area contributed by atoms with Gasteiger partial charge in [-0.05, 0) is 44.4 Å². The van der Waals surface area contributed by atoms with Crippen molar-refractivity contribution in [1.82, 2.24) is 24.3 Å². The number of aryl methyl sites for hydroxylation is 4. The van der Waals surface area contributed by atoms with Gasteiger partial charge in [0.1, 0.15) is 24.1 Å². The Kier molecular flexibility index (Phi) is 6.13. The van der Waals surface area contributed by atoms with Gasteiger partial charge < -0.3 is 14.4 Å². The molecule has 5 rings (SSSR count). The van der Waals surface area contributed by atoms with E-state index in [2.05, 4.69) is 20.4 Å². The van der Waals surface area contributed by atoms with Crippen molar-refractivity contribution in [2.45, 2.75) is 53.6 Å². The Hall–Kier alpha value is -4.27. The molecule has 3 heterocycles. The normalized spacial score (nSPS) is 11.4. The van der Waals surface area contributed by atoms with Crippen LogP contribution in [0.5, 0.6) is 0 Å². The lowest BCUT2D eigenvalue weighted by atomic mass is 10.1. The predicted molar refractivity (Wildman–Crippen MR) is 138 cm³/mol. The number of carbonyl (C=O) groups is 1. The molecule has 0 aliphatic heterocycles. The third-order valence-corrected chi connectivity index (χ3v) is 6.27. The smallest absolute Gasteiger partial charge is 0.278 e. The Labute approximate surface area is 207 Å². The average molecular weight is 485 g/mol. The molecule has 5 aromatic rings. The molecule has 0 radical (unpaired) electrons. The summed E-state index contributed by atoms with van der Waals surface area (Å²) in [6.07, 6.45) is 3.10. The summed E-state index contributed by atoms with van der Waals surface area (Å²) in [5.74, 6) is 0.734. The molecule has 0 aliphatic carbocycles. The summed E-state index contributed by atoms with van der Waals surface area (Å²) < 4.78 is 8.49. The van der Waals surface area contributed by atoms with Crippen LogP contribution in [0, 0.1) is 20.8 Å². The minimum atomic E-state index is -0.276. The van der Waals surface area contributed by atoms with Crippen LogP contribution >= 0.6 is 0 Å². The molecular formula is C27H28N6O3. The van der Waals surface area contributed by atoms with Crippen LogP contribution in [0.25, 0.3) is 21.9 Å². The SMILES string of the molecule is CCCc1noc(Cn2cnc3c4ccccc4n(CC(=O)Nc4c(C)cc(C)cc4C)c3c2=O)n1. The number of amides is 1. The van der Waals surface area contributed by atoms with Crippen LogP contribution in [0.2, 0.25) is 0 Å². The number of hydrogen-bond acceptors (Lipinski definition) is 6. The number of carbonyl (C=O) groups excluding carboxylic acids is 1. The van der Waals surface area contributed by atoms with E-state index in [4.69, 9.17) is 4.52 Å². The molecule has 9 heteroatoms. The molecule has 1 N–H and O–H groups in total. The first-order valence-corrected chi connectivity index (χ1v) is 12.0. The van der Waals surface area contributed by atoms with Crippen LogP contribution in [0.3, 0.4) is 0 Å². The molecule has 0 bridgehead atoms. The topological polar surface area (TPSA) is 108 Å². The molecule has 0 fully saturated rings. The third-order valence-electron chi connectivity index (χ3n) is 6.27. The highest BCUT2D eigenvalue weighted by molar-refractivity contribution is 6.06. The third kappa shape index (κ3) is 4.28. The van der Waals surface area contributed by atoms with E-state index in [1.165, 1.54) is 10.9 Å². The summed E-state index contributed by atoms with van der Waals surface area (Å²) in [6, 6.07) is 11.7. The molecule has 0 aliphatic rings. The summed E-state index contributed by atoms with van der Waals surface area (Å²) >= 11 is 0. The fraction of sp³-hybridized carbons (Fsp3) is 0.296. The van der Waals surface area contributed by atoms with Crippen molar-refractivity contribution in [3.8, 4) is 0 Å². The van der Waals surface area contributed by atoms with Gasteiger partial charge in [-0.2, -0.15) is 4.98 Å². The van der Waals surface area contributed by atoms with Gasteiger partial charge in [0.2, 0.25) is 11.8 Å². The van der Waals surface area contributed by atoms with E-state index in [1.54, 1.807) is 4.57 Å². The highest BCUT2D eigenvalue weighted by atomic mass is 16.5. The standard InChI is InChI=1S/C27H28N6O3/c1-5-8-21-29-23(36-31-21)14-32-15-28-25-19-9-6-7-10-20(19)33(26(25)27(32)35)13-22(34)30-24-17(3)11-16(2)12-18(24)4/h6-7,9-12,15H,5,8,13-14H2,1-4H3,(H,30,34). The Morgan fingerprint density at radius 3 is 2.61 bits per heavy atom. The lowest BCUT2D eigenvalue weighted by Crippen LogP contribution is -2.26. The van der Waals surface area contributed by atoms with E-state index in [1.807, 2.05) is 64.1 Å². The van der Waals surface area contributed by atoms with Crippen LogP contribution in [-0.4, -0.2) is 30.2 Å². The number of nitrogens with one attached hydrogen (secondary N) is 1. The number of anilines is 1. The molecule has 9 nitrogen and oxygen atoms in total. The van der Waals surface area contributed by atoms with Crippen molar-refractivity contribution >= 4 is 33.5 Å². The molecule has 0 unspecified atom stereocenters. The number of aromatic nitrogens is 5. The first-order chi connectivity index (χ1) is 17.4. The second-order valence-corrected chi connectivity index (χ2v) is 9.15. The maximum absolute atomic E-state index is 13.6. The zero-order valence-electron chi connectivity index (χ0n) is 20.8. The summed E-state index contributed by atoms with van der Waals surface area (Å²) in [7, 11) is 0. The summed E-state index contributed by atoms with van der Waals surface area (Å²) in [6.45, 7) is 8.09. The molecule has 2 aromatic carbocycles. The van der Waals surface area contributed by atoms with Crippen LogP contribution in [0.15, 0.2) is 52.0 Å². The van der Waals surface area contributed by atoms with Gasteiger partial charge >= 0.3 is 0 Å². The molecular weight excluding hydrogens is 456 g/mol. The number of fused-ring (bicyclic) bond motifs is 3. The lowest BCUT2D eigenvalue weighted by molar-refractivity contribution is -0.116. The number of nitrogens with zero attached hydrogens (tertiary/aromatic N) is 5. The fourth-order valence-corrected chi connectivity index (χ4v) is 4.75. The fourth-order valence-electron chi connectivity index (χ4n) is 4.75. The Morgan fingerprint density at radius 2 is 1.86 bits per heavy atom. The maximum atomic E-state index is 13.6. The average Bonchev–Trinajstić information content (AvgIpc) is 3.41. The van der Waals surface area contributed by atoms with E-state index >= 15 is 0 Å². The minimum absolute atomic E-state index is 0.0289. The first-order valence-electron chi connectivity index (χ1n) is 12.0. The molecule has 0 saturated carbocycles. The minimum Gasteiger partial charge on any atom is -0.337 e. The van der Waals surface area contributed by atoms with Gasteiger partial charge in [-0.1, -0.05) is 48.0 Å². The number of hydrogen-bond donors (Lipinski definition) is 1. The highest BCUT2D eigenvalue weighted by Gasteiger charge is 2.20. The monoisotopic (exact) mass is 484 g/mol. The van der Waals surface area contributed by atoms with E-state index in [9.17, 15) is 9.59 Å². The zero-order valence-corrected chi connectivity index (χ0v) is 20.8. The van der Waals surface area contributed by atoms with E-state index in [0.717, 1.165) is 39.7 Å². The summed E-state index contributed by atoms with van der Waals surface area (Å²) in [5, 5.41) is 7.82. The van der Waals surface area contributed by atoms with Gasteiger partial charge in [-0.25, -0.2) is 4.98 Å². The van der Waals surface area contributed by atoms with Crippen LogP contribution in [0.4, 0.5) is 5.69 Å². The quantitative estimate of drug-likeness (QED) is 0.369. The Morgan fingerprint density at radius 1 is 1.11 bits per heavy atom. The van der Waals surface area contributed by atoms with Crippen molar-refractivity contribution in [2.24, 2.45) is 0 Å². The van der Waals surface area contributed by atoms with Crippen molar-refractivity contribution in [1.29, 1.82) is 0 Å². The summed E-state index contributed by atoms with van der Waals surface area (Å²) in [5.41, 5.74) is 5.33. The highest BCUT2D eigenvalue weighted by Crippen LogP contribution is 2.26. The molecule has 0 atom stereocenters. The van der Waals surface area contributed by atoms with Crippen molar-refractivity contribution in [3.63, 3.8) is 0 Å². The van der Waals surface area contributed by atoms with Crippen LogP contribution in [0.1, 0.15) is 41.8 Å². The predicted octanol–water partition coefficient (Wildman–Crippen LogP) is 4.30.